The number of nitrogens with zero attached hydrogens (tertiary/aromatic N) is 1. The predicted molar refractivity (Wildman–Crippen MR) is 75.3 cm³/mol. The smallest absolute Gasteiger partial charge is 0.460 e. The Morgan fingerprint density at radius 2 is 1.16 bits per heavy atom. The molecule has 0 aliphatic rings. The lowest BCUT2D eigenvalue weighted by atomic mass is 9.93. The van der Waals surface area contributed by atoms with Crippen LogP contribution in [0.4, 0.5) is 57.1 Å². The molecule has 1 N–H and O–H groups in total. The maximum atomic E-state index is 13.5. The Labute approximate surface area is 170 Å². The van der Waals surface area contributed by atoms with Crippen molar-refractivity contribution in [3.8, 4) is 0 Å². The van der Waals surface area contributed by atoms with Crippen molar-refractivity contribution in [2.75, 3.05) is 33.7 Å². The first-order valence-corrected chi connectivity index (χ1v) is 8.05. The fourth-order valence-electron chi connectivity index (χ4n) is 2.16. The monoisotopic (exact) mass is 506 g/mol. The van der Waals surface area contributed by atoms with Gasteiger partial charge in [0.1, 0.15) is 6.54 Å². The highest BCUT2D eigenvalue weighted by molar-refractivity contribution is 5.84. The molecule has 0 aliphatic carbocycles. The van der Waals surface area contributed by atoms with Crippen LogP contribution in [0.3, 0.4) is 0 Å². The predicted octanol–water partition coefficient (Wildman–Crippen LogP) is 2.06. The molecule has 1 amide bonds. The van der Waals surface area contributed by atoms with Gasteiger partial charge in [-0.2, -0.15) is 57.1 Å². The molecular formula is C14H15F13N2O3. The molecule has 0 spiro atoms. The number of carbonyl (C=O) groups excluding carboxylic acids is 2. The Morgan fingerprint density at radius 1 is 0.750 bits per heavy atom. The molecule has 0 aromatic heterocycles. The van der Waals surface area contributed by atoms with Gasteiger partial charge < -0.3 is 19.7 Å². The topological polar surface area (TPSA) is 69.2 Å². The molecule has 0 saturated carbocycles. The first-order chi connectivity index (χ1) is 13.8. The number of alkyl halides is 13. The average Bonchev–Trinajstić information content (AvgIpc) is 2.55. The van der Waals surface area contributed by atoms with Crippen molar-refractivity contribution in [2.24, 2.45) is 0 Å². The number of carboxylic acid groups (broad SMARTS) is 1. The van der Waals surface area contributed by atoms with E-state index in [9.17, 15) is 71.8 Å². The molecule has 0 unspecified atom stereocenters. The summed E-state index contributed by atoms with van der Waals surface area (Å²) in [7, 11) is 2.51. The lowest BCUT2D eigenvalue weighted by molar-refractivity contribution is -0.884. The number of rotatable bonds is 11. The second kappa shape index (κ2) is 8.74. The van der Waals surface area contributed by atoms with Crippen LogP contribution in [-0.4, -0.2) is 85.9 Å². The van der Waals surface area contributed by atoms with Crippen molar-refractivity contribution in [1.82, 2.24) is 5.32 Å². The lowest BCUT2D eigenvalue weighted by Gasteiger charge is -2.39. The zero-order chi connectivity index (χ0) is 26.2. The number of carboxylic acids is 1. The fraction of sp³-hybridized carbons (Fsp3) is 0.857. The summed E-state index contributed by atoms with van der Waals surface area (Å²) in [6.07, 6.45) is -8.00. The maximum Gasteiger partial charge on any atom is 0.460 e. The first kappa shape index (κ1) is 30.0. The molecule has 0 bridgehead atoms. The van der Waals surface area contributed by atoms with Gasteiger partial charge in [0.25, 0.3) is 5.91 Å². The molecule has 0 aromatic carbocycles. The zero-order valence-corrected chi connectivity index (χ0v) is 15.9. The molecule has 0 aliphatic heterocycles. The van der Waals surface area contributed by atoms with Crippen LogP contribution < -0.4 is 10.4 Å². The fourth-order valence-corrected chi connectivity index (χ4v) is 2.16. The maximum absolute atomic E-state index is 13.5. The minimum absolute atomic E-state index is 0.262. The van der Waals surface area contributed by atoms with Gasteiger partial charge in [-0.3, -0.25) is 4.79 Å². The molecule has 0 radical (unpaired) electrons. The quantitative estimate of drug-likeness (QED) is 0.265. The Hall–Kier alpha value is -2.01. The number of hydrogen-bond acceptors (Lipinski definition) is 3. The van der Waals surface area contributed by atoms with Crippen molar-refractivity contribution in [3.63, 3.8) is 0 Å². The van der Waals surface area contributed by atoms with E-state index in [2.05, 4.69) is 0 Å². The SMILES string of the molecule is C[N+](C)(CCCNC(=O)C(F)(F)C(F)(F)C(F)(F)C(F)(F)C(F)(F)C(F)(F)F)CC(=O)[O-]. The van der Waals surface area contributed by atoms with E-state index in [0.29, 0.717) is 0 Å². The van der Waals surface area contributed by atoms with E-state index >= 15 is 0 Å². The number of likely N-dealkylation sites (N-methyl/N-ethyl adjacent to an activating group) is 1. The van der Waals surface area contributed by atoms with Crippen LogP contribution in [0.5, 0.6) is 0 Å². The summed E-state index contributed by atoms with van der Waals surface area (Å²) in [5.41, 5.74) is 0. The van der Waals surface area contributed by atoms with Crippen LogP contribution in [0.1, 0.15) is 6.42 Å². The van der Waals surface area contributed by atoms with Gasteiger partial charge in [0.15, 0.2) is 0 Å². The number of hydrogen-bond donors (Lipinski definition) is 1. The largest absolute Gasteiger partial charge is 0.544 e. The summed E-state index contributed by atoms with van der Waals surface area (Å²) in [5.74, 6) is -43.5. The van der Waals surface area contributed by atoms with E-state index < -0.39 is 71.7 Å². The Kier molecular flexibility index (Phi) is 8.19. The molecule has 0 aromatic rings. The summed E-state index contributed by atoms with van der Waals surface area (Å²) >= 11 is 0. The number of aliphatic carboxylic acids is 1. The van der Waals surface area contributed by atoms with Gasteiger partial charge in [0.2, 0.25) is 0 Å². The third kappa shape index (κ3) is 5.31. The summed E-state index contributed by atoms with van der Waals surface area (Å²) in [6.45, 7) is -1.95. The Morgan fingerprint density at radius 3 is 1.53 bits per heavy atom. The van der Waals surface area contributed by atoms with Crippen LogP contribution in [-0.2, 0) is 9.59 Å². The third-order valence-electron chi connectivity index (χ3n) is 4.00. The summed E-state index contributed by atoms with van der Waals surface area (Å²) in [6, 6.07) is 0. The van der Waals surface area contributed by atoms with Crippen molar-refractivity contribution in [3.05, 3.63) is 0 Å². The van der Waals surface area contributed by atoms with Gasteiger partial charge >= 0.3 is 35.8 Å². The van der Waals surface area contributed by atoms with Crippen LogP contribution in [0.25, 0.3) is 0 Å². The molecule has 0 saturated heterocycles. The molecule has 0 atom stereocenters. The molecule has 0 rings (SSSR count). The van der Waals surface area contributed by atoms with Crippen molar-refractivity contribution in [2.45, 2.75) is 42.2 Å². The molecule has 18 heteroatoms. The van der Waals surface area contributed by atoms with E-state index in [1.54, 1.807) is 0 Å². The van der Waals surface area contributed by atoms with Crippen LogP contribution in [0.15, 0.2) is 0 Å². The first-order valence-electron chi connectivity index (χ1n) is 8.05. The van der Waals surface area contributed by atoms with E-state index in [1.165, 1.54) is 14.1 Å². The van der Waals surface area contributed by atoms with Crippen LogP contribution in [0.2, 0.25) is 0 Å². The molecular weight excluding hydrogens is 491 g/mol. The summed E-state index contributed by atoms with van der Waals surface area (Å²) in [5, 5.41) is 11.4. The van der Waals surface area contributed by atoms with E-state index in [-0.39, 0.29) is 6.54 Å². The normalized spacial score (nSPS) is 15.0. The molecule has 32 heavy (non-hydrogen) atoms. The molecule has 0 heterocycles. The molecule has 0 fully saturated rings. The number of nitrogens with one attached hydrogen (secondary N) is 1. The van der Waals surface area contributed by atoms with Crippen molar-refractivity contribution in [1.29, 1.82) is 0 Å². The second-order valence-corrected chi connectivity index (χ2v) is 7.17. The van der Waals surface area contributed by atoms with Gasteiger partial charge in [-0.25, -0.2) is 0 Å². The van der Waals surface area contributed by atoms with E-state index in [1.807, 2.05) is 0 Å². The van der Waals surface area contributed by atoms with E-state index in [0.717, 1.165) is 5.32 Å². The van der Waals surface area contributed by atoms with Gasteiger partial charge in [-0.15, -0.1) is 0 Å². The number of amides is 1. The van der Waals surface area contributed by atoms with Gasteiger partial charge in [0, 0.05) is 13.0 Å². The van der Waals surface area contributed by atoms with Crippen LogP contribution in [0, 0.1) is 0 Å². The van der Waals surface area contributed by atoms with Crippen molar-refractivity contribution < 1.29 is 76.3 Å². The standard InChI is InChI=1S/C14H15F13N2O3/c1-29(2,6-7(30)31)5-3-4-28-8(32)9(15,16)10(17,18)11(19,20)12(21,22)13(23,24)14(25,26)27/h3-6H2,1-2H3,(H-,28,30,31,32). The number of quaternary nitrogens is 1. The lowest BCUT2D eigenvalue weighted by Crippen LogP contribution is -2.72. The highest BCUT2D eigenvalue weighted by Gasteiger charge is 2.91. The highest BCUT2D eigenvalue weighted by atomic mass is 19.4. The van der Waals surface area contributed by atoms with Crippen LogP contribution >= 0.6 is 0 Å². The third-order valence-corrected chi connectivity index (χ3v) is 4.00. The minimum Gasteiger partial charge on any atom is -0.544 e. The number of carbonyl (C=O) groups is 2. The number of halogens is 13. The Bertz CT molecular complexity index is 704. The average molecular weight is 506 g/mol. The molecule has 5 nitrogen and oxygen atoms in total. The van der Waals surface area contributed by atoms with Gasteiger partial charge in [-0.1, -0.05) is 0 Å². The Balaban J connectivity index is 5.62. The zero-order valence-electron chi connectivity index (χ0n) is 15.9. The highest BCUT2D eigenvalue weighted by Crippen LogP contribution is 2.60. The second-order valence-electron chi connectivity index (χ2n) is 7.17. The van der Waals surface area contributed by atoms with Crippen molar-refractivity contribution >= 4 is 11.9 Å². The molecule has 190 valence electrons. The van der Waals surface area contributed by atoms with E-state index in [4.69, 9.17) is 0 Å². The summed E-state index contributed by atoms with van der Waals surface area (Å²) in [4.78, 5) is 21.7. The summed E-state index contributed by atoms with van der Waals surface area (Å²) < 4.78 is 168. The van der Waals surface area contributed by atoms with Gasteiger partial charge in [0.05, 0.1) is 26.6 Å². The van der Waals surface area contributed by atoms with Gasteiger partial charge in [-0.05, 0) is 0 Å². The minimum atomic E-state index is -8.09.